The minimum absolute atomic E-state index is 0.648. The van der Waals surface area contributed by atoms with Crippen LogP contribution in [-0.4, -0.2) is 40.3 Å². The first-order chi connectivity index (χ1) is 7.00. The van der Waals surface area contributed by atoms with Crippen LogP contribution in [0.2, 0.25) is 14.8 Å². The van der Waals surface area contributed by atoms with Crippen molar-refractivity contribution in [3.8, 4) is 0 Å². The summed E-state index contributed by atoms with van der Waals surface area (Å²) >= 11 is -5.05. The van der Waals surface area contributed by atoms with Gasteiger partial charge in [0, 0.05) is 0 Å². The first kappa shape index (κ1) is 17.2. The third-order valence-corrected chi connectivity index (χ3v) is 8.36. The van der Waals surface area contributed by atoms with E-state index in [2.05, 4.69) is 0 Å². The van der Waals surface area contributed by atoms with Crippen LogP contribution in [0.25, 0.3) is 0 Å². The number of hydrogen-bond acceptors (Lipinski definition) is 0. The SMILES string of the molecule is [CH3][Sn]([CH3])([CH3])[C](F)(F)C(F)(F)C(F)(F)C(F)(F)F. The summed E-state index contributed by atoms with van der Waals surface area (Å²) in [7, 11) is 0. The average molecular weight is 383 g/mol. The van der Waals surface area contributed by atoms with Crippen LogP contribution in [0.3, 0.4) is 0 Å². The van der Waals surface area contributed by atoms with Gasteiger partial charge in [0.1, 0.15) is 0 Å². The van der Waals surface area contributed by atoms with Crippen molar-refractivity contribution in [3.05, 3.63) is 0 Å². The van der Waals surface area contributed by atoms with E-state index in [1.54, 1.807) is 0 Å². The molecule has 0 aromatic carbocycles. The summed E-state index contributed by atoms with van der Waals surface area (Å²) in [6.45, 7) is 0. The maximum absolute atomic E-state index is 13.1. The topological polar surface area (TPSA) is 0 Å². The van der Waals surface area contributed by atoms with Crippen molar-refractivity contribution >= 4 is 18.4 Å². The molecule has 0 aliphatic heterocycles. The van der Waals surface area contributed by atoms with Gasteiger partial charge in [-0.3, -0.25) is 0 Å². The predicted octanol–water partition coefficient (Wildman–Crippen LogP) is 4.33. The van der Waals surface area contributed by atoms with E-state index in [0.717, 1.165) is 0 Å². The molecule has 0 spiro atoms. The molecule has 0 atom stereocenters. The fraction of sp³-hybridized carbons (Fsp3) is 1.00. The molecule has 0 fully saturated rings. The van der Waals surface area contributed by atoms with Crippen molar-refractivity contribution in [1.29, 1.82) is 0 Å². The Labute approximate surface area is 95.0 Å². The van der Waals surface area contributed by atoms with Gasteiger partial charge in [-0.05, 0) is 0 Å². The first-order valence-electron chi connectivity index (χ1n) is 4.20. The molecule has 0 aliphatic rings. The molecule has 0 aromatic heterocycles. The van der Waals surface area contributed by atoms with E-state index in [4.69, 9.17) is 0 Å². The second kappa shape index (κ2) is 4.09. The quantitative estimate of drug-likeness (QED) is 0.503. The fourth-order valence-corrected chi connectivity index (χ4v) is 3.98. The molecule has 0 amide bonds. The van der Waals surface area contributed by atoms with Crippen molar-refractivity contribution in [2.45, 2.75) is 36.8 Å². The van der Waals surface area contributed by atoms with E-state index in [-0.39, 0.29) is 0 Å². The molecule has 17 heavy (non-hydrogen) atoms. The zero-order valence-electron chi connectivity index (χ0n) is 8.90. The van der Waals surface area contributed by atoms with E-state index in [9.17, 15) is 39.5 Å². The number of halogens is 9. The molecule has 0 bridgehead atoms. The second-order valence-electron chi connectivity index (χ2n) is 4.47. The summed E-state index contributed by atoms with van der Waals surface area (Å²) in [4.78, 5) is 1.94. The average Bonchev–Trinajstić information content (AvgIpc) is 1.98. The second-order valence-corrected chi connectivity index (χ2v) is 19.1. The molecule has 0 saturated carbocycles. The van der Waals surface area contributed by atoms with Gasteiger partial charge < -0.3 is 0 Å². The van der Waals surface area contributed by atoms with Gasteiger partial charge in [0.2, 0.25) is 0 Å². The maximum atomic E-state index is 13.1. The molecule has 0 aromatic rings. The van der Waals surface area contributed by atoms with Crippen molar-refractivity contribution in [1.82, 2.24) is 0 Å². The standard InChI is InChI=1S/C4F9.3CH3.Sn/c5-1(6)2(7,8)3(9,10)4(11,12)13;;;;/h;3*1H3;. The molecule has 0 rings (SSSR count). The predicted molar refractivity (Wildman–Crippen MR) is 44.2 cm³/mol. The summed E-state index contributed by atoms with van der Waals surface area (Å²) in [5.41, 5.74) is 0. The molecular formula is C7H9F9Sn. The van der Waals surface area contributed by atoms with Gasteiger partial charge in [0.25, 0.3) is 0 Å². The zero-order valence-corrected chi connectivity index (χ0v) is 11.8. The monoisotopic (exact) mass is 384 g/mol. The van der Waals surface area contributed by atoms with Crippen LogP contribution in [-0.2, 0) is 0 Å². The van der Waals surface area contributed by atoms with Crippen LogP contribution in [0.1, 0.15) is 0 Å². The Kier molecular flexibility index (Phi) is 4.13. The van der Waals surface area contributed by atoms with E-state index in [0.29, 0.717) is 14.8 Å². The Hall–Kier alpha value is 0.169. The molecule has 0 nitrogen and oxygen atoms in total. The van der Waals surface area contributed by atoms with E-state index >= 15 is 0 Å². The summed E-state index contributed by atoms with van der Waals surface area (Å²) in [6, 6.07) is 0. The molecule has 104 valence electrons. The Balaban J connectivity index is 5.73. The molecular weight excluding hydrogens is 374 g/mol. The van der Waals surface area contributed by atoms with Crippen LogP contribution in [0.4, 0.5) is 39.5 Å². The Morgan fingerprint density at radius 2 is 0.882 bits per heavy atom. The van der Waals surface area contributed by atoms with E-state index in [1.807, 2.05) is 0 Å². The van der Waals surface area contributed by atoms with E-state index < -0.39 is 40.3 Å². The number of rotatable bonds is 3. The molecule has 0 heterocycles. The Bertz CT molecular complexity index is 257. The van der Waals surface area contributed by atoms with Crippen molar-refractivity contribution < 1.29 is 39.5 Å². The van der Waals surface area contributed by atoms with Gasteiger partial charge in [-0.2, -0.15) is 0 Å². The zero-order chi connectivity index (χ0) is 14.5. The van der Waals surface area contributed by atoms with Gasteiger partial charge in [-0.1, -0.05) is 0 Å². The minimum atomic E-state index is -6.76. The van der Waals surface area contributed by atoms with Gasteiger partial charge in [-0.25, -0.2) is 0 Å². The normalized spacial score (nSPS) is 16.2. The van der Waals surface area contributed by atoms with Gasteiger partial charge in [0.05, 0.1) is 0 Å². The Morgan fingerprint density at radius 1 is 0.588 bits per heavy atom. The van der Waals surface area contributed by atoms with Gasteiger partial charge in [0.15, 0.2) is 0 Å². The van der Waals surface area contributed by atoms with Gasteiger partial charge in [-0.15, -0.1) is 0 Å². The molecule has 0 unspecified atom stereocenters. The van der Waals surface area contributed by atoms with Crippen LogP contribution in [0, 0.1) is 0 Å². The van der Waals surface area contributed by atoms with Crippen molar-refractivity contribution in [2.75, 3.05) is 0 Å². The fourth-order valence-electron chi connectivity index (χ4n) is 0.846. The molecule has 10 heteroatoms. The number of hydrogen-bond donors (Lipinski definition) is 0. The molecule has 0 saturated heterocycles. The van der Waals surface area contributed by atoms with Crippen LogP contribution >= 0.6 is 0 Å². The van der Waals surface area contributed by atoms with Crippen LogP contribution in [0.15, 0.2) is 0 Å². The summed E-state index contributed by atoms with van der Waals surface area (Å²) in [5.74, 6) is -13.2. The summed E-state index contributed by atoms with van der Waals surface area (Å²) < 4.78 is 106. The Morgan fingerprint density at radius 3 is 1.06 bits per heavy atom. The first-order valence-corrected chi connectivity index (χ1v) is 14.2. The number of alkyl halides is 9. The summed E-state index contributed by atoms with van der Waals surface area (Å²) in [5, 5.41) is 0. The third-order valence-electron chi connectivity index (χ3n) is 2.09. The van der Waals surface area contributed by atoms with Crippen molar-refractivity contribution in [2.24, 2.45) is 0 Å². The molecule has 0 N–H and O–H groups in total. The van der Waals surface area contributed by atoms with Crippen LogP contribution in [0.5, 0.6) is 0 Å². The molecule has 0 radical (unpaired) electrons. The summed E-state index contributed by atoms with van der Waals surface area (Å²) in [6.07, 6.45) is -6.73. The molecule has 0 aliphatic carbocycles. The van der Waals surface area contributed by atoms with Crippen molar-refractivity contribution in [3.63, 3.8) is 0 Å². The van der Waals surface area contributed by atoms with E-state index in [1.165, 1.54) is 0 Å². The van der Waals surface area contributed by atoms with Crippen LogP contribution < -0.4 is 0 Å². The third kappa shape index (κ3) is 2.48. The van der Waals surface area contributed by atoms with Gasteiger partial charge >= 0.3 is 94.7 Å².